The van der Waals surface area contributed by atoms with E-state index in [9.17, 15) is 4.79 Å². The number of carbonyl (C=O) groups is 1. The molecular weight excluding hydrogens is 474 g/mol. The summed E-state index contributed by atoms with van der Waals surface area (Å²) in [4.78, 5) is 16.3. The summed E-state index contributed by atoms with van der Waals surface area (Å²) in [6.07, 6.45) is 4.30. The SMILES string of the molecule is N#CCCNC(=O)c1cccc(C#Cc2ccc(COC3CCOCC3)cc2)c1-c1ccc2cc[nH]c2c1. The summed E-state index contributed by atoms with van der Waals surface area (Å²) in [5.74, 6) is 6.34. The van der Waals surface area contributed by atoms with Gasteiger partial charge in [-0.3, -0.25) is 4.79 Å². The molecule has 0 atom stereocenters. The Morgan fingerprint density at radius 3 is 2.71 bits per heavy atom. The molecule has 190 valence electrons. The smallest absolute Gasteiger partial charge is 0.251 e. The molecule has 0 saturated carbocycles. The molecule has 3 aromatic carbocycles. The van der Waals surface area contributed by atoms with Gasteiger partial charge < -0.3 is 19.8 Å². The predicted molar refractivity (Wildman–Crippen MR) is 147 cm³/mol. The van der Waals surface area contributed by atoms with Crippen LogP contribution in [-0.2, 0) is 16.1 Å². The van der Waals surface area contributed by atoms with Crippen molar-refractivity contribution in [2.45, 2.75) is 32.0 Å². The van der Waals surface area contributed by atoms with E-state index in [1.165, 1.54) is 0 Å². The van der Waals surface area contributed by atoms with E-state index in [1.807, 2.05) is 66.9 Å². The van der Waals surface area contributed by atoms with Gasteiger partial charge in [0.1, 0.15) is 0 Å². The summed E-state index contributed by atoms with van der Waals surface area (Å²) < 4.78 is 11.4. The zero-order valence-electron chi connectivity index (χ0n) is 21.1. The van der Waals surface area contributed by atoms with Crippen molar-refractivity contribution in [3.63, 3.8) is 0 Å². The highest BCUT2D eigenvalue weighted by Gasteiger charge is 2.17. The third-order valence-electron chi connectivity index (χ3n) is 6.62. The maximum Gasteiger partial charge on any atom is 0.251 e. The molecule has 6 nitrogen and oxygen atoms in total. The molecule has 1 aromatic heterocycles. The Morgan fingerprint density at radius 2 is 1.89 bits per heavy atom. The van der Waals surface area contributed by atoms with Crippen molar-refractivity contribution in [1.82, 2.24) is 10.3 Å². The average molecular weight is 504 g/mol. The number of H-pyrrole nitrogens is 1. The Morgan fingerprint density at radius 1 is 1.05 bits per heavy atom. The van der Waals surface area contributed by atoms with Crippen LogP contribution in [0.1, 0.15) is 46.3 Å². The van der Waals surface area contributed by atoms with Gasteiger partial charge in [-0.05, 0) is 65.8 Å². The maximum absolute atomic E-state index is 13.1. The van der Waals surface area contributed by atoms with E-state index in [0.717, 1.165) is 64.8 Å². The van der Waals surface area contributed by atoms with Gasteiger partial charge in [-0.15, -0.1) is 0 Å². The predicted octanol–water partition coefficient (Wildman–Crippen LogP) is 5.57. The highest BCUT2D eigenvalue weighted by molar-refractivity contribution is 6.03. The van der Waals surface area contributed by atoms with Gasteiger partial charge in [-0.2, -0.15) is 5.26 Å². The first-order valence-electron chi connectivity index (χ1n) is 12.9. The number of hydrogen-bond acceptors (Lipinski definition) is 4. The van der Waals surface area contributed by atoms with E-state index in [2.05, 4.69) is 28.2 Å². The largest absolute Gasteiger partial charge is 0.381 e. The highest BCUT2D eigenvalue weighted by atomic mass is 16.5. The minimum Gasteiger partial charge on any atom is -0.381 e. The van der Waals surface area contributed by atoms with Gasteiger partial charge in [0, 0.05) is 53.7 Å². The Labute approximate surface area is 222 Å². The minimum atomic E-state index is -0.223. The Kier molecular flexibility index (Phi) is 8.16. The molecular formula is C32H29N3O3. The topological polar surface area (TPSA) is 87.1 Å². The number of aromatic amines is 1. The van der Waals surface area contributed by atoms with Crippen LogP contribution in [0.25, 0.3) is 22.0 Å². The van der Waals surface area contributed by atoms with Gasteiger partial charge in [0.2, 0.25) is 0 Å². The standard InChI is InChI=1S/C32H29N3O3/c33-16-2-17-35-32(36)29-4-1-3-26(31(29)27-12-11-25-13-18-34-30(25)21-27)10-9-23-5-7-24(8-6-23)22-38-28-14-19-37-20-15-28/h1,3-8,11-13,18,21,28,34H,2,14-15,17,19-20,22H2,(H,35,36). The first-order chi connectivity index (χ1) is 18.7. The summed E-state index contributed by atoms with van der Waals surface area (Å²) in [5, 5.41) is 12.8. The number of aromatic nitrogens is 1. The van der Waals surface area contributed by atoms with Crippen molar-refractivity contribution in [3.05, 3.63) is 95.2 Å². The molecule has 2 heterocycles. The van der Waals surface area contributed by atoms with Crippen molar-refractivity contribution in [2.24, 2.45) is 0 Å². The zero-order valence-corrected chi connectivity index (χ0v) is 21.1. The van der Waals surface area contributed by atoms with E-state index in [1.54, 1.807) is 6.07 Å². The van der Waals surface area contributed by atoms with Crippen molar-refractivity contribution in [1.29, 1.82) is 5.26 Å². The Hall–Kier alpha value is -4.36. The molecule has 0 aliphatic carbocycles. The lowest BCUT2D eigenvalue weighted by Gasteiger charge is -2.22. The summed E-state index contributed by atoms with van der Waals surface area (Å²) in [6, 6.07) is 23.8. The molecule has 1 aliphatic rings. The summed E-state index contributed by atoms with van der Waals surface area (Å²) in [7, 11) is 0. The number of nitrogens with zero attached hydrogens (tertiary/aromatic N) is 1. The normalized spacial score (nSPS) is 13.4. The van der Waals surface area contributed by atoms with Crippen molar-refractivity contribution >= 4 is 16.8 Å². The van der Waals surface area contributed by atoms with Gasteiger partial charge in [0.05, 0.1) is 25.2 Å². The fourth-order valence-corrected chi connectivity index (χ4v) is 4.57. The fraction of sp³-hybridized carbons (Fsp3) is 0.250. The zero-order chi connectivity index (χ0) is 26.2. The van der Waals surface area contributed by atoms with Crippen LogP contribution in [0.3, 0.4) is 0 Å². The summed E-state index contributed by atoms with van der Waals surface area (Å²) >= 11 is 0. The molecule has 0 bridgehead atoms. The Balaban J connectivity index is 1.41. The maximum atomic E-state index is 13.1. The number of amides is 1. The quantitative estimate of drug-likeness (QED) is 0.255. The van der Waals surface area contributed by atoms with Crippen LogP contribution in [0.2, 0.25) is 0 Å². The average Bonchev–Trinajstić information content (AvgIpc) is 3.44. The first kappa shape index (κ1) is 25.3. The fourth-order valence-electron chi connectivity index (χ4n) is 4.57. The number of ether oxygens (including phenoxy) is 2. The van der Waals surface area contributed by atoms with Crippen molar-refractivity contribution < 1.29 is 14.3 Å². The lowest BCUT2D eigenvalue weighted by Crippen LogP contribution is -2.25. The number of nitrogens with one attached hydrogen (secondary N) is 2. The van der Waals surface area contributed by atoms with E-state index in [0.29, 0.717) is 18.7 Å². The van der Waals surface area contributed by atoms with Crippen molar-refractivity contribution in [2.75, 3.05) is 19.8 Å². The van der Waals surface area contributed by atoms with Gasteiger partial charge in [-0.1, -0.05) is 42.2 Å². The lowest BCUT2D eigenvalue weighted by molar-refractivity contribution is -0.0390. The number of nitriles is 1. The number of carbonyl (C=O) groups excluding carboxylic acids is 1. The second kappa shape index (κ2) is 12.3. The second-order valence-corrected chi connectivity index (χ2v) is 9.24. The molecule has 1 amide bonds. The molecule has 5 rings (SSSR count). The molecule has 6 heteroatoms. The first-order valence-corrected chi connectivity index (χ1v) is 12.9. The minimum absolute atomic E-state index is 0.223. The third kappa shape index (κ3) is 6.12. The molecule has 4 aromatic rings. The molecule has 1 fully saturated rings. The van der Waals surface area contributed by atoms with Gasteiger partial charge in [0.25, 0.3) is 5.91 Å². The summed E-state index contributed by atoms with van der Waals surface area (Å²) in [6.45, 7) is 2.41. The van der Waals surface area contributed by atoms with E-state index in [4.69, 9.17) is 14.7 Å². The van der Waals surface area contributed by atoms with Gasteiger partial charge in [0.15, 0.2) is 0 Å². The van der Waals surface area contributed by atoms with E-state index < -0.39 is 0 Å². The molecule has 0 spiro atoms. The van der Waals surface area contributed by atoms with E-state index >= 15 is 0 Å². The van der Waals surface area contributed by atoms with Gasteiger partial charge in [-0.25, -0.2) is 0 Å². The van der Waals surface area contributed by atoms with Crippen LogP contribution in [0, 0.1) is 23.2 Å². The second-order valence-electron chi connectivity index (χ2n) is 9.24. The van der Waals surface area contributed by atoms with Crippen LogP contribution in [0.15, 0.2) is 72.9 Å². The van der Waals surface area contributed by atoms with Crippen LogP contribution in [0.4, 0.5) is 0 Å². The monoisotopic (exact) mass is 503 g/mol. The molecule has 0 unspecified atom stereocenters. The molecule has 1 aliphatic heterocycles. The van der Waals surface area contributed by atoms with E-state index in [-0.39, 0.29) is 18.4 Å². The lowest BCUT2D eigenvalue weighted by atomic mass is 9.93. The molecule has 1 saturated heterocycles. The molecule has 38 heavy (non-hydrogen) atoms. The number of hydrogen-bond donors (Lipinski definition) is 2. The summed E-state index contributed by atoms with van der Waals surface area (Å²) in [5.41, 5.74) is 5.94. The van der Waals surface area contributed by atoms with Gasteiger partial charge >= 0.3 is 0 Å². The van der Waals surface area contributed by atoms with Crippen LogP contribution in [-0.4, -0.2) is 36.8 Å². The van der Waals surface area contributed by atoms with Crippen LogP contribution < -0.4 is 5.32 Å². The van der Waals surface area contributed by atoms with Crippen LogP contribution in [0.5, 0.6) is 0 Å². The Bertz CT molecular complexity index is 1510. The number of rotatable bonds is 7. The highest BCUT2D eigenvalue weighted by Crippen LogP contribution is 2.30. The number of fused-ring (bicyclic) bond motifs is 1. The third-order valence-corrected chi connectivity index (χ3v) is 6.62. The van der Waals surface area contributed by atoms with Crippen molar-refractivity contribution in [3.8, 4) is 29.0 Å². The van der Waals surface area contributed by atoms with Crippen LogP contribution >= 0.6 is 0 Å². The number of benzene rings is 3. The molecule has 2 N–H and O–H groups in total. The molecule has 0 radical (unpaired) electrons.